The number of likely N-dealkylation sites (N-methyl/N-ethyl adjacent to an activating group) is 1. The van der Waals surface area contributed by atoms with Crippen LogP contribution < -0.4 is 4.90 Å². The van der Waals surface area contributed by atoms with Crippen LogP contribution in [0.2, 0.25) is 10.0 Å². The lowest BCUT2D eigenvalue weighted by Crippen LogP contribution is -3.15. The minimum absolute atomic E-state index is 0.0441. The van der Waals surface area contributed by atoms with Crippen molar-refractivity contribution < 1.29 is 18.1 Å². The van der Waals surface area contributed by atoms with E-state index >= 15 is 0 Å². The van der Waals surface area contributed by atoms with E-state index in [4.69, 9.17) is 23.2 Å². The van der Waals surface area contributed by atoms with Gasteiger partial charge in [0.05, 0.1) is 36.2 Å². The first-order valence-corrected chi connectivity index (χ1v) is 10.4. The van der Waals surface area contributed by atoms with Gasteiger partial charge in [0.25, 0.3) is 5.91 Å². The van der Waals surface area contributed by atoms with Crippen LogP contribution in [0.15, 0.2) is 23.1 Å². The molecule has 140 valence electrons. The molecule has 1 aliphatic rings. The maximum Gasteiger partial charge on any atom is 0.277 e. The van der Waals surface area contributed by atoms with Crippen molar-refractivity contribution in [1.82, 2.24) is 9.21 Å². The Labute approximate surface area is 159 Å². The van der Waals surface area contributed by atoms with Gasteiger partial charge in [-0.05, 0) is 26.0 Å². The molecule has 25 heavy (non-hydrogen) atoms. The summed E-state index contributed by atoms with van der Waals surface area (Å²) >= 11 is 12.1. The molecule has 0 aromatic heterocycles. The van der Waals surface area contributed by atoms with Crippen molar-refractivity contribution >= 4 is 39.1 Å². The predicted octanol–water partition coefficient (Wildman–Crippen LogP) is 0.749. The number of hydrogen-bond acceptors (Lipinski definition) is 3. The van der Waals surface area contributed by atoms with E-state index in [1.165, 1.54) is 16.4 Å². The Bertz CT molecular complexity index is 712. The number of rotatable bonds is 5. The second-order valence-electron chi connectivity index (χ2n) is 6.48. The van der Waals surface area contributed by atoms with Crippen molar-refractivity contribution in [2.24, 2.45) is 0 Å². The third kappa shape index (κ3) is 4.65. The third-order valence-electron chi connectivity index (χ3n) is 4.52. The minimum Gasteiger partial charge on any atom is -0.338 e. The molecule has 1 fully saturated rings. The Hall–Kier alpha value is -0.860. The number of benzene rings is 1. The van der Waals surface area contributed by atoms with Gasteiger partial charge in [0.15, 0.2) is 6.54 Å². The molecule has 9 heteroatoms. The van der Waals surface area contributed by atoms with Gasteiger partial charge < -0.3 is 9.80 Å². The van der Waals surface area contributed by atoms with Crippen LogP contribution in [0, 0.1) is 0 Å². The average molecular weight is 409 g/mol. The molecule has 1 amide bonds. The second kappa shape index (κ2) is 8.22. The van der Waals surface area contributed by atoms with E-state index in [0.29, 0.717) is 32.7 Å². The monoisotopic (exact) mass is 408 g/mol. The number of nitrogens with zero attached hydrogens (tertiary/aromatic N) is 2. The predicted molar refractivity (Wildman–Crippen MR) is 98.7 cm³/mol. The highest BCUT2D eigenvalue weighted by atomic mass is 35.5. The number of carbonyl (C=O) groups excluding carboxylic acids is 1. The summed E-state index contributed by atoms with van der Waals surface area (Å²) in [5.74, 6) is 0.0652. The zero-order valence-corrected chi connectivity index (χ0v) is 17.0. The standard InChI is InChI=1S/C16H23Cl2N3O3S/c1-12(2)19(3)15(22)11-20-7-9-21(10-8-20)25(23,24)16-13(17)5-4-6-14(16)18/h4-6,12H,7-11H2,1-3H3/p+1. The zero-order valence-electron chi connectivity index (χ0n) is 14.6. The summed E-state index contributed by atoms with van der Waals surface area (Å²) < 4.78 is 27.0. The van der Waals surface area contributed by atoms with Gasteiger partial charge in [-0.25, -0.2) is 8.42 Å². The molecule has 2 rings (SSSR count). The topological polar surface area (TPSA) is 62.1 Å². The minimum atomic E-state index is -3.74. The SMILES string of the molecule is CC(C)N(C)C(=O)C[NH+]1CCN(S(=O)(=O)c2c(Cl)cccc2Cl)CC1. The van der Waals surface area contributed by atoms with Crippen molar-refractivity contribution in [1.29, 1.82) is 0 Å². The summed E-state index contributed by atoms with van der Waals surface area (Å²) in [6, 6.07) is 4.79. The maximum absolute atomic E-state index is 12.8. The summed E-state index contributed by atoms with van der Waals surface area (Å²) in [7, 11) is -1.96. The lowest BCUT2D eigenvalue weighted by Gasteiger charge is -2.32. The number of piperazine rings is 1. The number of nitrogens with one attached hydrogen (secondary N) is 1. The largest absolute Gasteiger partial charge is 0.338 e. The van der Waals surface area contributed by atoms with Crippen molar-refractivity contribution in [2.75, 3.05) is 39.8 Å². The van der Waals surface area contributed by atoms with Crippen LogP contribution in [0.1, 0.15) is 13.8 Å². The molecule has 6 nitrogen and oxygen atoms in total. The quantitative estimate of drug-likeness (QED) is 0.781. The summed E-state index contributed by atoms with van der Waals surface area (Å²) in [6.07, 6.45) is 0. The molecular weight excluding hydrogens is 385 g/mol. The van der Waals surface area contributed by atoms with Gasteiger partial charge >= 0.3 is 0 Å². The van der Waals surface area contributed by atoms with Crippen LogP contribution in [0.25, 0.3) is 0 Å². The van der Waals surface area contributed by atoms with E-state index in [0.717, 1.165) is 4.90 Å². The van der Waals surface area contributed by atoms with Crippen LogP contribution in [0.3, 0.4) is 0 Å². The van der Waals surface area contributed by atoms with E-state index < -0.39 is 10.0 Å². The van der Waals surface area contributed by atoms with Gasteiger partial charge in [-0.1, -0.05) is 29.3 Å². The van der Waals surface area contributed by atoms with Crippen molar-refractivity contribution in [3.05, 3.63) is 28.2 Å². The van der Waals surface area contributed by atoms with Crippen LogP contribution in [-0.2, 0) is 14.8 Å². The smallest absolute Gasteiger partial charge is 0.277 e. The fraction of sp³-hybridized carbons (Fsp3) is 0.562. The molecule has 1 aromatic rings. The molecule has 0 aliphatic carbocycles. The highest BCUT2D eigenvalue weighted by molar-refractivity contribution is 7.89. The van der Waals surface area contributed by atoms with Gasteiger partial charge in [-0.2, -0.15) is 4.31 Å². The molecule has 1 N–H and O–H groups in total. The van der Waals surface area contributed by atoms with Crippen LogP contribution in [0.4, 0.5) is 0 Å². The Balaban J connectivity index is 2.03. The lowest BCUT2D eigenvalue weighted by molar-refractivity contribution is -0.896. The Kier molecular flexibility index (Phi) is 6.73. The number of sulfonamides is 1. The molecule has 0 atom stereocenters. The van der Waals surface area contributed by atoms with E-state index in [1.54, 1.807) is 18.0 Å². The molecule has 0 unspecified atom stereocenters. The first-order chi connectivity index (χ1) is 11.6. The van der Waals surface area contributed by atoms with Crippen molar-refractivity contribution in [2.45, 2.75) is 24.8 Å². The van der Waals surface area contributed by atoms with Crippen molar-refractivity contribution in [3.8, 4) is 0 Å². The number of carbonyl (C=O) groups is 1. The van der Waals surface area contributed by atoms with E-state index in [-0.39, 0.29) is 26.9 Å². The fourth-order valence-electron chi connectivity index (χ4n) is 2.70. The van der Waals surface area contributed by atoms with Gasteiger partial charge in [-0.15, -0.1) is 0 Å². The molecule has 1 aromatic carbocycles. The fourth-order valence-corrected chi connectivity index (χ4v) is 5.24. The lowest BCUT2D eigenvalue weighted by atomic mass is 10.3. The van der Waals surface area contributed by atoms with E-state index in [2.05, 4.69) is 0 Å². The first kappa shape index (κ1) is 20.5. The number of halogens is 2. The summed E-state index contributed by atoms with van der Waals surface area (Å²) in [5.41, 5.74) is 0. The third-order valence-corrected chi connectivity index (χ3v) is 7.37. The molecule has 1 heterocycles. The van der Waals surface area contributed by atoms with Crippen molar-refractivity contribution in [3.63, 3.8) is 0 Å². The van der Waals surface area contributed by atoms with Gasteiger partial charge in [-0.3, -0.25) is 4.79 Å². The molecular formula is C16H24Cl2N3O3S+. The highest BCUT2D eigenvalue weighted by Gasteiger charge is 2.34. The first-order valence-electron chi connectivity index (χ1n) is 8.18. The van der Waals surface area contributed by atoms with Gasteiger partial charge in [0.2, 0.25) is 10.0 Å². The van der Waals surface area contributed by atoms with Gasteiger partial charge in [0.1, 0.15) is 4.90 Å². The normalized spacial score (nSPS) is 17.0. The molecule has 0 spiro atoms. The molecule has 0 radical (unpaired) electrons. The number of amides is 1. The zero-order chi connectivity index (χ0) is 18.8. The van der Waals surface area contributed by atoms with E-state index in [1.807, 2.05) is 13.8 Å². The maximum atomic E-state index is 12.8. The second-order valence-corrected chi connectivity index (χ2v) is 9.17. The molecule has 1 saturated heterocycles. The highest BCUT2D eigenvalue weighted by Crippen LogP contribution is 2.31. The summed E-state index contributed by atoms with van der Waals surface area (Å²) in [4.78, 5) is 14.9. The van der Waals surface area contributed by atoms with Crippen LogP contribution in [-0.4, -0.2) is 69.3 Å². The number of hydrogen-bond donors (Lipinski definition) is 1. The van der Waals surface area contributed by atoms with Crippen LogP contribution >= 0.6 is 23.2 Å². The Morgan fingerprint density at radius 1 is 1.24 bits per heavy atom. The van der Waals surface area contributed by atoms with Gasteiger partial charge in [0, 0.05) is 13.1 Å². The summed E-state index contributed by atoms with van der Waals surface area (Å²) in [5, 5.41) is 0.243. The Morgan fingerprint density at radius 3 is 2.24 bits per heavy atom. The molecule has 0 bridgehead atoms. The molecule has 0 saturated carbocycles. The average Bonchev–Trinajstić information content (AvgIpc) is 2.54. The van der Waals surface area contributed by atoms with E-state index in [9.17, 15) is 13.2 Å². The Morgan fingerprint density at radius 2 is 1.76 bits per heavy atom. The summed E-state index contributed by atoms with van der Waals surface area (Å²) in [6.45, 7) is 6.10. The molecule has 1 aliphatic heterocycles. The van der Waals surface area contributed by atoms with Crippen LogP contribution in [0.5, 0.6) is 0 Å². The number of quaternary nitrogens is 1.